The van der Waals surface area contributed by atoms with Crippen molar-refractivity contribution < 1.29 is 0 Å². The number of aryl methyl sites for hydroxylation is 1. The van der Waals surface area contributed by atoms with Crippen LogP contribution in [0.25, 0.3) is 0 Å². The summed E-state index contributed by atoms with van der Waals surface area (Å²) in [6, 6.07) is 16.8. The molecule has 0 saturated carbocycles. The van der Waals surface area contributed by atoms with E-state index in [9.17, 15) is 0 Å². The lowest BCUT2D eigenvalue weighted by Gasteiger charge is -2.20. The van der Waals surface area contributed by atoms with Gasteiger partial charge in [-0.1, -0.05) is 48.9 Å². The molecule has 0 radical (unpaired) electrons. The molecular formula is C16H18BrNS. The highest BCUT2D eigenvalue weighted by Crippen LogP contribution is 2.34. The second-order valence-corrected chi connectivity index (χ2v) is 6.96. The van der Waals surface area contributed by atoms with Crippen molar-refractivity contribution in [3.63, 3.8) is 0 Å². The molecule has 0 aliphatic rings. The van der Waals surface area contributed by atoms with Gasteiger partial charge in [-0.15, -0.1) is 11.8 Å². The summed E-state index contributed by atoms with van der Waals surface area (Å²) in [6.45, 7) is 4.27. The average Bonchev–Trinajstić information content (AvgIpc) is 2.41. The number of nitrogens with two attached hydrogens (primary N) is 1. The summed E-state index contributed by atoms with van der Waals surface area (Å²) < 4.78 is 1.13. The zero-order valence-electron chi connectivity index (χ0n) is 11.1. The number of benzene rings is 2. The first-order valence-electron chi connectivity index (χ1n) is 6.31. The first-order valence-corrected chi connectivity index (χ1v) is 7.98. The van der Waals surface area contributed by atoms with Gasteiger partial charge in [-0.2, -0.15) is 0 Å². The van der Waals surface area contributed by atoms with Gasteiger partial charge in [-0.3, -0.25) is 0 Å². The van der Waals surface area contributed by atoms with E-state index in [1.54, 1.807) is 11.8 Å². The summed E-state index contributed by atoms with van der Waals surface area (Å²) in [4.78, 5) is 1.23. The van der Waals surface area contributed by atoms with Gasteiger partial charge >= 0.3 is 0 Å². The second-order valence-electron chi connectivity index (χ2n) is 4.69. The van der Waals surface area contributed by atoms with Gasteiger partial charge in [-0.05, 0) is 40.5 Å². The van der Waals surface area contributed by atoms with Gasteiger partial charge in [0.15, 0.2) is 0 Å². The van der Waals surface area contributed by atoms with Gasteiger partial charge in [0.1, 0.15) is 0 Å². The van der Waals surface area contributed by atoms with Gasteiger partial charge in [-0.25, -0.2) is 0 Å². The van der Waals surface area contributed by atoms with E-state index >= 15 is 0 Å². The Kier molecular flexibility index (Phi) is 5.08. The van der Waals surface area contributed by atoms with Crippen molar-refractivity contribution in [2.45, 2.75) is 30.0 Å². The van der Waals surface area contributed by atoms with Crippen molar-refractivity contribution in [2.75, 3.05) is 0 Å². The molecule has 0 heterocycles. The Balaban J connectivity index is 2.09. The molecule has 100 valence electrons. The van der Waals surface area contributed by atoms with Crippen molar-refractivity contribution >= 4 is 27.7 Å². The number of hydrogen-bond donors (Lipinski definition) is 1. The Hall–Kier alpha value is -0.770. The number of rotatable bonds is 4. The molecule has 2 rings (SSSR count). The highest BCUT2D eigenvalue weighted by Gasteiger charge is 2.16. The van der Waals surface area contributed by atoms with Gasteiger partial charge in [0.2, 0.25) is 0 Å². The van der Waals surface area contributed by atoms with Crippen molar-refractivity contribution in [2.24, 2.45) is 5.73 Å². The molecule has 2 aromatic carbocycles. The minimum Gasteiger partial charge on any atom is -0.323 e. The van der Waals surface area contributed by atoms with Crippen LogP contribution in [-0.2, 0) is 0 Å². The quantitative estimate of drug-likeness (QED) is 0.801. The normalized spacial score (nSPS) is 14.1. The molecule has 0 amide bonds. The van der Waals surface area contributed by atoms with Crippen LogP contribution < -0.4 is 5.73 Å². The predicted molar refractivity (Wildman–Crippen MR) is 87.6 cm³/mol. The Morgan fingerprint density at radius 2 is 1.68 bits per heavy atom. The maximum absolute atomic E-state index is 6.35. The van der Waals surface area contributed by atoms with E-state index in [4.69, 9.17) is 5.73 Å². The number of thioether (sulfide) groups is 1. The van der Waals surface area contributed by atoms with E-state index in [-0.39, 0.29) is 6.04 Å². The molecule has 2 atom stereocenters. The minimum absolute atomic E-state index is 0.0395. The van der Waals surface area contributed by atoms with Crippen LogP contribution in [0.2, 0.25) is 0 Å². The molecule has 0 bridgehead atoms. The van der Waals surface area contributed by atoms with Crippen LogP contribution in [0.3, 0.4) is 0 Å². The maximum atomic E-state index is 6.35. The molecule has 0 aliphatic heterocycles. The number of hydrogen-bond acceptors (Lipinski definition) is 2. The highest BCUT2D eigenvalue weighted by molar-refractivity contribution is 9.10. The van der Waals surface area contributed by atoms with Crippen molar-refractivity contribution in [1.29, 1.82) is 0 Å². The zero-order chi connectivity index (χ0) is 13.8. The average molecular weight is 336 g/mol. The Bertz CT molecular complexity index is 539. The third kappa shape index (κ3) is 3.85. The third-order valence-electron chi connectivity index (χ3n) is 3.12. The third-order valence-corrected chi connectivity index (χ3v) is 5.35. The smallest absolute Gasteiger partial charge is 0.0416 e. The molecule has 2 unspecified atom stereocenters. The minimum atomic E-state index is 0.0395. The van der Waals surface area contributed by atoms with E-state index in [2.05, 4.69) is 72.2 Å². The van der Waals surface area contributed by atoms with Crippen LogP contribution in [0.15, 0.2) is 57.9 Å². The summed E-state index contributed by atoms with van der Waals surface area (Å²) in [5.74, 6) is 0. The van der Waals surface area contributed by atoms with E-state index in [1.807, 2.05) is 6.07 Å². The van der Waals surface area contributed by atoms with Gasteiger partial charge in [0.25, 0.3) is 0 Å². The molecule has 0 fully saturated rings. The molecule has 1 nitrogen and oxygen atoms in total. The summed E-state index contributed by atoms with van der Waals surface area (Å²) >= 11 is 5.38. The Morgan fingerprint density at radius 3 is 2.32 bits per heavy atom. The Labute approximate surface area is 127 Å². The Morgan fingerprint density at radius 1 is 1.05 bits per heavy atom. The molecule has 0 spiro atoms. The van der Waals surface area contributed by atoms with E-state index in [1.165, 1.54) is 16.0 Å². The molecule has 0 saturated heterocycles. The second kappa shape index (κ2) is 6.60. The van der Waals surface area contributed by atoms with Crippen LogP contribution in [0.1, 0.15) is 24.1 Å². The molecule has 2 N–H and O–H groups in total. The summed E-state index contributed by atoms with van der Waals surface area (Å²) in [5, 5.41) is 0.321. The summed E-state index contributed by atoms with van der Waals surface area (Å²) in [5.41, 5.74) is 8.81. The largest absolute Gasteiger partial charge is 0.323 e. The maximum Gasteiger partial charge on any atom is 0.0416 e. The molecule has 0 aliphatic carbocycles. The lowest BCUT2D eigenvalue weighted by atomic mass is 10.0. The lowest BCUT2D eigenvalue weighted by Crippen LogP contribution is -2.21. The molecule has 0 aromatic heterocycles. The summed E-state index contributed by atoms with van der Waals surface area (Å²) in [6.07, 6.45) is 0. The van der Waals surface area contributed by atoms with E-state index < -0.39 is 0 Å². The fourth-order valence-electron chi connectivity index (χ4n) is 1.87. The van der Waals surface area contributed by atoms with Gasteiger partial charge < -0.3 is 5.73 Å². The number of halogens is 1. The van der Waals surface area contributed by atoms with Gasteiger partial charge in [0.05, 0.1) is 0 Å². The van der Waals surface area contributed by atoms with Crippen molar-refractivity contribution in [3.8, 4) is 0 Å². The van der Waals surface area contributed by atoms with Crippen LogP contribution in [-0.4, -0.2) is 5.25 Å². The zero-order valence-corrected chi connectivity index (χ0v) is 13.5. The molecule has 2 aromatic rings. The van der Waals surface area contributed by atoms with Gasteiger partial charge in [0, 0.05) is 20.7 Å². The predicted octanol–water partition coefficient (Wildman–Crippen LogP) is 4.94. The van der Waals surface area contributed by atoms with Crippen molar-refractivity contribution in [1.82, 2.24) is 0 Å². The van der Waals surface area contributed by atoms with Crippen molar-refractivity contribution in [3.05, 3.63) is 64.1 Å². The summed E-state index contributed by atoms with van der Waals surface area (Å²) in [7, 11) is 0. The van der Waals surface area contributed by atoms with Crippen LogP contribution in [0.5, 0.6) is 0 Å². The SMILES string of the molecule is Cc1ccc(C(N)C(C)Sc2ccccc2Br)cc1. The highest BCUT2D eigenvalue weighted by atomic mass is 79.9. The lowest BCUT2D eigenvalue weighted by molar-refractivity contribution is 0.715. The first kappa shape index (κ1) is 14.6. The van der Waals surface area contributed by atoms with Crippen LogP contribution in [0.4, 0.5) is 0 Å². The van der Waals surface area contributed by atoms with E-state index in [0.29, 0.717) is 5.25 Å². The molecular weight excluding hydrogens is 318 g/mol. The van der Waals surface area contributed by atoms with Crippen LogP contribution in [0, 0.1) is 6.92 Å². The van der Waals surface area contributed by atoms with E-state index in [0.717, 1.165) is 4.47 Å². The first-order chi connectivity index (χ1) is 9.08. The fraction of sp³-hybridized carbons (Fsp3) is 0.250. The molecule has 3 heteroatoms. The monoisotopic (exact) mass is 335 g/mol. The van der Waals surface area contributed by atoms with Crippen LogP contribution >= 0.6 is 27.7 Å². The standard InChI is InChI=1S/C16H18BrNS/c1-11-7-9-13(10-8-11)16(18)12(2)19-15-6-4-3-5-14(15)17/h3-10,12,16H,18H2,1-2H3. The fourth-order valence-corrected chi connectivity index (χ4v) is 3.48. The topological polar surface area (TPSA) is 26.0 Å². The molecule has 19 heavy (non-hydrogen) atoms.